The van der Waals surface area contributed by atoms with E-state index in [2.05, 4.69) is 50.2 Å². The first-order valence-electron chi connectivity index (χ1n) is 7.73. The van der Waals surface area contributed by atoms with Gasteiger partial charge in [-0.1, -0.05) is 44.2 Å². The second-order valence-electron chi connectivity index (χ2n) is 6.19. The molecule has 2 heteroatoms. The predicted molar refractivity (Wildman–Crippen MR) is 86.6 cm³/mol. The molecular formula is C19H23NO. The Morgan fingerprint density at radius 1 is 1.14 bits per heavy atom. The van der Waals surface area contributed by atoms with Gasteiger partial charge in [-0.05, 0) is 53.1 Å². The molecule has 1 aliphatic carbocycles. The largest absolute Gasteiger partial charge is 0.489 e. The highest BCUT2D eigenvalue weighted by atomic mass is 16.5. The van der Waals surface area contributed by atoms with Crippen LogP contribution in [0.1, 0.15) is 54.5 Å². The Bertz CT molecular complexity index is 616. The molecule has 2 aromatic carbocycles. The van der Waals surface area contributed by atoms with Gasteiger partial charge in [-0.3, -0.25) is 0 Å². The summed E-state index contributed by atoms with van der Waals surface area (Å²) in [6.07, 6.45) is 2.12. The molecule has 1 aliphatic rings. The van der Waals surface area contributed by atoms with E-state index in [4.69, 9.17) is 10.5 Å². The topological polar surface area (TPSA) is 35.2 Å². The van der Waals surface area contributed by atoms with Crippen LogP contribution in [0.2, 0.25) is 0 Å². The number of hydrogen-bond donors (Lipinski definition) is 1. The lowest BCUT2D eigenvalue weighted by atomic mass is 10.0. The first-order chi connectivity index (χ1) is 10.1. The molecule has 110 valence electrons. The summed E-state index contributed by atoms with van der Waals surface area (Å²) < 4.78 is 5.91. The maximum atomic E-state index is 6.06. The molecule has 0 bridgehead atoms. The van der Waals surface area contributed by atoms with E-state index < -0.39 is 0 Å². The van der Waals surface area contributed by atoms with Crippen LogP contribution < -0.4 is 10.5 Å². The number of hydrogen-bond acceptors (Lipinski definition) is 2. The summed E-state index contributed by atoms with van der Waals surface area (Å²) in [5.74, 6) is 1.51. The molecule has 0 radical (unpaired) electrons. The zero-order valence-corrected chi connectivity index (χ0v) is 12.8. The third kappa shape index (κ3) is 3.11. The van der Waals surface area contributed by atoms with Crippen LogP contribution in [0.15, 0.2) is 42.5 Å². The lowest BCUT2D eigenvalue weighted by Crippen LogP contribution is -2.05. The molecule has 21 heavy (non-hydrogen) atoms. The molecule has 2 nitrogen and oxygen atoms in total. The SMILES string of the molecule is CC(C)c1ccc(COc2ccc3c(c2)CCC3N)cc1. The van der Waals surface area contributed by atoms with Crippen LogP contribution in [-0.2, 0) is 13.0 Å². The minimum atomic E-state index is 0.206. The smallest absolute Gasteiger partial charge is 0.120 e. The van der Waals surface area contributed by atoms with Crippen LogP contribution in [0.3, 0.4) is 0 Å². The van der Waals surface area contributed by atoms with Crippen molar-refractivity contribution in [2.75, 3.05) is 0 Å². The van der Waals surface area contributed by atoms with Crippen LogP contribution in [0.4, 0.5) is 0 Å². The lowest BCUT2D eigenvalue weighted by molar-refractivity contribution is 0.306. The van der Waals surface area contributed by atoms with E-state index in [9.17, 15) is 0 Å². The van der Waals surface area contributed by atoms with Crippen molar-refractivity contribution in [3.63, 3.8) is 0 Å². The third-order valence-corrected chi connectivity index (χ3v) is 4.29. The summed E-state index contributed by atoms with van der Waals surface area (Å²) in [6.45, 7) is 5.03. The van der Waals surface area contributed by atoms with Crippen molar-refractivity contribution in [3.8, 4) is 5.75 Å². The second-order valence-corrected chi connectivity index (χ2v) is 6.19. The van der Waals surface area contributed by atoms with Crippen LogP contribution >= 0.6 is 0 Å². The fourth-order valence-corrected chi connectivity index (χ4v) is 2.88. The monoisotopic (exact) mass is 281 g/mol. The minimum absolute atomic E-state index is 0.206. The molecule has 2 N–H and O–H groups in total. The summed E-state index contributed by atoms with van der Waals surface area (Å²) in [6, 6.07) is 15.2. The van der Waals surface area contributed by atoms with Crippen molar-refractivity contribution in [1.29, 1.82) is 0 Å². The number of fused-ring (bicyclic) bond motifs is 1. The second kappa shape index (κ2) is 5.90. The summed E-state index contributed by atoms with van der Waals surface area (Å²) in [5.41, 5.74) is 11.3. The Kier molecular flexibility index (Phi) is 3.98. The highest BCUT2D eigenvalue weighted by Gasteiger charge is 2.19. The first kappa shape index (κ1) is 14.2. The maximum absolute atomic E-state index is 6.06. The highest BCUT2D eigenvalue weighted by Crippen LogP contribution is 2.32. The number of aryl methyl sites for hydroxylation is 1. The molecular weight excluding hydrogens is 258 g/mol. The fraction of sp³-hybridized carbons (Fsp3) is 0.368. The van der Waals surface area contributed by atoms with Crippen LogP contribution in [-0.4, -0.2) is 0 Å². The normalized spacial score (nSPS) is 17.0. The molecule has 0 saturated heterocycles. The standard InChI is InChI=1S/C19H23NO/c1-13(2)15-5-3-14(4-6-15)12-21-17-8-9-18-16(11-17)7-10-19(18)20/h3-6,8-9,11,13,19H,7,10,12,20H2,1-2H3. The van der Waals surface area contributed by atoms with E-state index >= 15 is 0 Å². The minimum Gasteiger partial charge on any atom is -0.489 e. The first-order valence-corrected chi connectivity index (χ1v) is 7.73. The average molecular weight is 281 g/mol. The van der Waals surface area contributed by atoms with Gasteiger partial charge in [0.15, 0.2) is 0 Å². The molecule has 0 aromatic heterocycles. The molecule has 0 saturated carbocycles. The Hall–Kier alpha value is -1.80. The molecule has 0 aliphatic heterocycles. The van der Waals surface area contributed by atoms with E-state index in [-0.39, 0.29) is 6.04 Å². The van der Waals surface area contributed by atoms with Crippen molar-refractivity contribution in [3.05, 3.63) is 64.7 Å². The quantitative estimate of drug-likeness (QED) is 0.905. The molecule has 0 heterocycles. The van der Waals surface area contributed by atoms with Crippen molar-refractivity contribution in [2.24, 2.45) is 5.73 Å². The van der Waals surface area contributed by atoms with E-state index in [1.807, 2.05) is 6.07 Å². The van der Waals surface area contributed by atoms with E-state index in [0.29, 0.717) is 12.5 Å². The Morgan fingerprint density at radius 2 is 1.90 bits per heavy atom. The van der Waals surface area contributed by atoms with Gasteiger partial charge < -0.3 is 10.5 Å². The highest BCUT2D eigenvalue weighted by molar-refractivity contribution is 5.40. The summed E-state index contributed by atoms with van der Waals surface area (Å²) in [4.78, 5) is 0. The molecule has 2 aromatic rings. The molecule has 0 spiro atoms. The van der Waals surface area contributed by atoms with Gasteiger partial charge >= 0.3 is 0 Å². The van der Waals surface area contributed by atoms with Crippen LogP contribution in [0, 0.1) is 0 Å². The van der Waals surface area contributed by atoms with Gasteiger partial charge in [-0.15, -0.1) is 0 Å². The van der Waals surface area contributed by atoms with Gasteiger partial charge in [0, 0.05) is 6.04 Å². The van der Waals surface area contributed by atoms with E-state index in [1.54, 1.807) is 0 Å². The van der Waals surface area contributed by atoms with Gasteiger partial charge in [-0.25, -0.2) is 0 Å². The molecule has 1 atom stereocenters. The lowest BCUT2D eigenvalue weighted by Gasteiger charge is -2.10. The molecule has 0 fully saturated rings. The van der Waals surface area contributed by atoms with Gasteiger partial charge in [0.2, 0.25) is 0 Å². The van der Waals surface area contributed by atoms with Crippen LogP contribution in [0.5, 0.6) is 5.75 Å². The van der Waals surface area contributed by atoms with Gasteiger partial charge in [-0.2, -0.15) is 0 Å². The van der Waals surface area contributed by atoms with Crippen molar-refractivity contribution in [1.82, 2.24) is 0 Å². The number of nitrogens with two attached hydrogens (primary N) is 1. The van der Waals surface area contributed by atoms with Crippen molar-refractivity contribution in [2.45, 2.75) is 45.3 Å². The van der Waals surface area contributed by atoms with E-state index in [1.165, 1.54) is 22.3 Å². The summed E-state index contributed by atoms with van der Waals surface area (Å²) in [5, 5.41) is 0. The Balaban J connectivity index is 1.65. The van der Waals surface area contributed by atoms with Crippen molar-refractivity contribution >= 4 is 0 Å². The summed E-state index contributed by atoms with van der Waals surface area (Å²) >= 11 is 0. The van der Waals surface area contributed by atoms with Gasteiger partial charge in [0.1, 0.15) is 12.4 Å². The van der Waals surface area contributed by atoms with Gasteiger partial charge in [0.25, 0.3) is 0 Å². The van der Waals surface area contributed by atoms with E-state index in [0.717, 1.165) is 18.6 Å². The zero-order chi connectivity index (χ0) is 14.8. The maximum Gasteiger partial charge on any atom is 0.120 e. The summed E-state index contributed by atoms with van der Waals surface area (Å²) in [7, 11) is 0. The van der Waals surface area contributed by atoms with Crippen molar-refractivity contribution < 1.29 is 4.74 Å². The van der Waals surface area contributed by atoms with Crippen LogP contribution in [0.25, 0.3) is 0 Å². The third-order valence-electron chi connectivity index (χ3n) is 4.29. The Labute approximate surface area is 126 Å². The zero-order valence-electron chi connectivity index (χ0n) is 12.8. The van der Waals surface area contributed by atoms with Gasteiger partial charge in [0.05, 0.1) is 0 Å². The fourth-order valence-electron chi connectivity index (χ4n) is 2.88. The molecule has 3 rings (SSSR count). The Morgan fingerprint density at radius 3 is 2.62 bits per heavy atom. The predicted octanol–water partition coefficient (Wildman–Crippen LogP) is 4.34. The number of ether oxygens (including phenoxy) is 1. The molecule has 0 amide bonds. The number of benzene rings is 2. The molecule has 1 unspecified atom stereocenters. The average Bonchev–Trinajstić information content (AvgIpc) is 2.86. The number of rotatable bonds is 4.